The van der Waals surface area contributed by atoms with Crippen molar-refractivity contribution in [2.75, 3.05) is 32.7 Å². The molecule has 156 valence electrons. The second-order valence-corrected chi connectivity index (χ2v) is 8.02. The van der Waals surface area contributed by atoms with Crippen LogP contribution in [0.5, 0.6) is 0 Å². The second-order valence-electron chi connectivity index (χ2n) is 8.02. The zero-order chi connectivity index (χ0) is 19.1. The molecule has 0 spiro atoms. The molecule has 7 heteroatoms. The third-order valence-electron chi connectivity index (χ3n) is 5.60. The topological polar surface area (TPSA) is 82.8 Å². The second kappa shape index (κ2) is 11.0. The van der Waals surface area contributed by atoms with E-state index in [0.29, 0.717) is 18.0 Å². The Morgan fingerprint density at radius 3 is 2.50 bits per heavy atom. The van der Waals surface area contributed by atoms with Crippen LogP contribution in [0.25, 0.3) is 0 Å². The first kappa shape index (κ1) is 22.9. The van der Waals surface area contributed by atoms with Gasteiger partial charge >= 0.3 is 0 Å². The largest absolute Gasteiger partial charge is 0.369 e. The molecule has 3 rings (SSSR count). The van der Waals surface area contributed by atoms with Gasteiger partial charge in [0.05, 0.1) is 6.54 Å². The summed E-state index contributed by atoms with van der Waals surface area (Å²) in [5.41, 5.74) is 7.04. The van der Waals surface area contributed by atoms with E-state index in [9.17, 15) is 4.79 Å². The fourth-order valence-corrected chi connectivity index (χ4v) is 3.81. The summed E-state index contributed by atoms with van der Waals surface area (Å²) in [7, 11) is 0. The Morgan fingerprint density at radius 1 is 1.25 bits per heavy atom. The molecule has 0 bridgehead atoms. The van der Waals surface area contributed by atoms with Crippen molar-refractivity contribution in [3.63, 3.8) is 0 Å². The molecule has 0 radical (unpaired) electrons. The van der Waals surface area contributed by atoms with Gasteiger partial charge in [-0.1, -0.05) is 30.3 Å². The summed E-state index contributed by atoms with van der Waals surface area (Å²) in [4.78, 5) is 18.1. The summed E-state index contributed by atoms with van der Waals surface area (Å²) in [6.07, 6.45) is 5.65. The van der Waals surface area contributed by atoms with E-state index in [1.807, 2.05) is 0 Å². The van der Waals surface area contributed by atoms with Crippen LogP contribution in [0.2, 0.25) is 0 Å². The lowest BCUT2D eigenvalue weighted by molar-refractivity contribution is -0.119. The summed E-state index contributed by atoms with van der Waals surface area (Å²) in [6.45, 7) is 6.00. The first-order chi connectivity index (χ1) is 13.1. The monoisotopic (exact) mass is 499 g/mol. The maximum atomic E-state index is 11.1. The van der Waals surface area contributed by atoms with E-state index in [1.54, 1.807) is 0 Å². The predicted octanol–water partition coefficient (Wildman–Crippen LogP) is 2.13. The number of hydrogen-bond acceptors (Lipinski definition) is 3. The summed E-state index contributed by atoms with van der Waals surface area (Å²) in [6, 6.07) is 11.1. The molecule has 1 aliphatic carbocycles. The van der Waals surface area contributed by atoms with Crippen LogP contribution in [0.15, 0.2) is 35.3 Å². The van der Waals surface area contributed by atoms with Gasteiger partial charge in [-0.15, -0.1) is 24.0 Å². The number of piperidine rings is 1. The number of rotatable bonds is 8. The average Bonchev–Trinajstić information content (AvgIpc) is 3.42. The fraction of sp³-hybridized carbons (Fsp3) is 0.619. The molecular formula is C21H34IN5O. The number of nitrogens with one attached hydrogen (secondary N) is 2. The number of nitrogens with zero attached hydrogens (tertiary/aromatic N) is 2. The van der Waals surface area contributed by atoms with E-state index in [-0.39, 0.29) is 29.9 Å². The van der Waals surface area contributed by atoms with Crippen molar-refractivity contribution < 1.29 is 4.79 Å². The minimum Gasteiger partial charge on any atom is -0.369 e. The van der Waals surface area contributed by atoms with Gasteiger partial charge in [-0.3, -0.25) is 14.7 Å². The van der Waals surface area contributed by atoms with E-state index < -0.39 is 0 Å². The SMILES string of the molecule is CCNC(=NCC1(Cc2ccccc2)CC1)NC1CCN(CC(N)=O)CC1.I. The van der Waals surface area contributed by atoms with Gasteiger partial charge in [0, 0.05) is 32.2 Å². The molecule has 0 aromatic heterocycles. The molecule has 28 heavy (non-hydrogen) atoms. The Hall–Kier alpha value is -1.35. The van der Waals surface area contributed by atoms with Crippen molar-refractivity contribution in [1.82, 2.24) is 15.5 Å². The molecule has 1 aromatic rings. The first-order valence-corrected chi connectivity index (χ1v) is 10.2. The number of halogens is 1. The molecule has 0 unspecified atom stereocenters. The average molecular weight is 499 g/mol. The van der Waals surface area contributed by atoms with Crippen LogP contribution in [0, 0.1) is 5.41 Å². The summed E-state index contributed by atoms with van der Waals surface area (Å²) in [5, 5.41) is 6.98. The number of carbonyl (C=O) groups is 1. The van der Waals surface area contributed by atoms with Gasteiger partial charge in [0.2, 0.25) is 5.91 Å². The van der Waals surface area contributed by atoms with Gasteiger partial charge in [0.1, 0.15) is 0 Å². The zero-order valence-corrected chi connectivity index (χ0v) is 19.2. The van der Waals surface area contributed by atoms with Crippen molar-refractivity contribution in [2.24, 2.45) is 16.1 Å². The maximum Gasteiger partial charge on any atom is 0.231 e. The Bertz CT molecular complexity index is 639. The zero-order valence-electron chi connectivity index (χ0n) is 16.8. The molecular weight excluding hydrogens is 465 g/mol. The van der Waals surface area contributed by atoms with Crippen molar-refractivity contribution in [2.45, 2.75) is 45.1 Å². The number of carbonyl (C=O) groups excluding carboxylic acids is 1. The number of aliphatic imine (C=N–C) groups is 1. The molecule has 1 aromatic carbocycles. The summed E-state index contributed by atoms with van der Waals surface area (Å²) >= 11 is 0. The highest BCUT2D eigenvalue weighted by Crippen LogP contribution is 2.48. The lowest BCUT2D eigenvalue weighted by Crippen LogP contribution is -2.50. The minimum atomic E-state index is -0.246. The minimum absolute atomic E-state index is 0. The molecule has 1 saturated carbocycles. The van der Waals surface area contributed by atoms with Gasteiger partial charge in [-0.05, 0) is 50.0 Å². The third-order valence-corrected chi connectivity index (χ3v) is 5.60. The van der Waals surface area contributed by atoms with Crippen LogP contribution in [-0.2, 0) is 11.2 Å². The normalized spacial score (nSPS) is 19.5. The highest BCUT2D eigenvalue weighted by Gasteiger charge is 2.42. The highest BCUT2D eigenvalue weighted by atomic mass is 127. The third kappa shape index (κ3) is 7.24. The van der Waals surface area contributed by atoms with Crippen LogP contribution in [0.1, 0.15) is 38.2 Å². The summed E-state index contributed by atoms with van der Waals surface area (Å²) in [5.74, 6) is 0.676. The van der Waals surface area contributed by atoms with Gasteiger partial charge in [-0.2, -0.15) is 0 Å². The Labute approximate surface area is 185 Å². The van der Waals surface area contributed by atoms with E-state index in [2.05, 4.69) is 52.8 Å². The van der Waals surface area contributed by atoms with E-state index >= 15 is 0 Å². The number of likely N-dealkylation sites (tertiary alicyclic amines) is 1. The Kier molecular flexibility index (Phi) is 9.01. The Balaban J connectivity index is 0.00000280. The molecule has 2 fully saturated rings. The number of benzene rings is 1. The van der Waals surface area contributed by atoms with Crippen LogP contribution in [0.3, 0.4) is 0 Å². The van der Waals surface area contributed by atoms with Crippen LogP contribution >= 0.6 is 24.0 Å². The van der Waals surface area contributed by atoms with Crippen LogP contribution in [-0.4, -0.2) is 55.5 Å². The smallest absolute Gasteiger partial charge is 0.231 e. The molecule has 4 N–H and O–H groups in total. The van der Waals surface area contributed by atoms with E-state index in [0.717, 1.165) is 51.4 Å². The van der Waals surface area contributed by atoms with Gasteiger partial charge < -0.3 is 16.4 Å². The Morgan fingerprint density at radius 2 is 1.93 bits per heavy atom. The highest BCUT2D eigenvalue weighted by molar-refractivity contribution is 14.0. The van der Waals surface area contributed by atoms with Crippen LogP contribution in [0.4, 0.5) is 0 Å². The van der Waals surface area contributed by atoms with Crippen molar-refractivity contribution >= 4 is 35.8 Å². The van der Waals surface area contributed by atoms with Crippen molar-refractivity contribution in [1.29, 1.82) is 0 Å². The number of nitrogens with two attached hydrogens (primary N) is 1. The molecule has 0 atom stereocenters. The lowest BCUT2D eigenvalue weighted by Gasteiger charge is -2.32. The molecule has 1 heterocycles. The van der Waals surface area contributed by atoms with Crippen LogP contribution < -0.4 is 16.4 Å². The molecule has 1 aliphatic heterocycles. The standard InChI is InChI=1S/C21H33N5O.HI/c1-2-23-20(25-18-8-12-26(13-9-18)15-19(22)27)24-16-21(10-11-21)14-17-6-4-3-5-7-17;/h3-7,18H,2,8-16H2,1H3,(H2,22,27)(H2,23,24,25);1H. The predicted molar refractivity (Wildman–Crippen MR) is 125 cm³/mol. The fourth-order valence-electron chi connectivity index (χ4n) is 3.81. The molecule has 1 amide bonds. The number of hydrogen-bond donors (Lipinski definition) is 3. The number of guanidine groups is 1. The van der Waals surface area contributed by atoms with Crippen molar-refractivity contribution in [3.8, 4) is 0 Å². The van der Waals surface area contributed by atoms with Gasteiger partial charge in [0.15, 0.2) is 5.96 Å². The van der Waals surface area contributed by atoms with E-state index in [4.69, 9.17) is 10.7 Å². The van der Waals surface area contributed by atoms with Gasteiger partial charge in [-0.25, -0.2) is 0 Å². The molecule has 6 nitrogen and oxygen atoms in total. The lowest BCUT2D eigenvalue weighted by atomic mass is 9.97. The van der Waals surface area contributed by atoms with Crippen molar-refractivity contribution in [3.05, 3.63) is 35.9 Å². The first-order valence-electron chi connectivity index (χ1n) is 10.2. The maximum absolute atomic E-state index is 11.1. The molecule has 1 saturated heterocycles. The molecule has 2 aliphatic rings. The number of amides is 1. The van der Waals surface area contributed by atoms with E-state index in [1.165, 1.54) is 18.4 Å². The van der Waals surface area contributed by atoms with Gasteiger partial charge in [0.25, 0.3) is 0 Å². The number of primary amides is 1. The summed E-state index contributed by atoms with van der Waals surface area (Å²) < 4.78 is 0. The quantitative estimate of drug-likeness (QED) is 0.291.